The lowest BCUT2D eigenvalue weighted by atomic mass is 10.0. The fraction of sp³-hybridized carbons (Fsp3) is 0.350. The number of hydrogen-bond acceptors (Lipinski definition) is 3. The number of benzene rings is 2. The smallest absolute Gasteiger partial charge is 0.258 e. The third-order valence-corrected chi connectivity index (χ3v) is 6.76. The van der Waals surface area contributed by atoms with E-state index in [-0.39, 0.29) is 23.5 Å². The first-order chi connectivity index (χ1) is 12.2. The molecule has 4 nitrogen and oxygen atoms in total. The van der Waals surface area contributed by atoms with Crippen molar-refractivity contribution in [3.8, 4) is 0 Å². The maximum atomic E-state index is 13.3. The second-order valence-corrected chi connectivity index (χ2v) is 9.65. The van der Waals surface area contributed by atoms with Crippen molar-refractivity contribution in [1.82, 2.24) is 0 Å². The molecule has 1 unspecified atom stereocenters. The van der Waals surface area contributed by atoms with Crippen molar-refractivity contribution in [1.29, 1.82) is 0 Å². The molecule has 1 aliphatic rings. The van der Waals surface area contributed by atoms with E-state index in [4.69, 9.17) is 11.6 Å². The standard InChI is InChI=1S/C20H22ClNO3S/c1-13-10-14(2)19(15(3)11-13)22(18-8-9-26(24,25)12-18)20(23)16-4-6-17(21)7-5-16/h4-7,10-11,18H,8-9,12H2,1-3H3. The van der Waals surface area contributed by atoms with E-state index in [9.17, 15) is 13.2 Å². The Labute approximate surface area is 159 Å². The summed E-state index contributed by atoms with van der Waals surface area (Å²) in [5.74, 6) is -0.0794. The van der Waals surface area contributed by atoms with E-state index in [2.05, 4.69) is 0 Å². The highest BCUT2D eigenvalue weighted by molar-refractivity contribution is 7.91. The number of aryl methyl sites for hydroxylation is 3. The number of sulfone groups is 1. The SMILES string of the molecule is Cc1cc(C)c(N(C(=O)c2ccc(Cl)cc2)C2CCS(=O)(=O)C2)c(C)c1. The van der Waals surface area contributed by atoms with Gasteiger partial charge >= 0.3 is 0 Å². The minimum Gasteiger partial charge on any atom is -0.304 e. The van der Waals surface area contributed by atoms with Gasteiger partial charge in [-0.15, -0.1) is 0 Å². The molecule has 26 heavy (non-hydrogen) atoms. The fourth-order valence-corrected chi connectivity index (χ4v) is 5.54. The molecule has 0 spiro atoms. The van der Waals surface area contributed by atoms with Crippen LogP contribution in [0.2, 0.25) is 5.02 Å². The van der Waals surface area contributed by atoms with Gasteiger partial charge in [-0.1, -0.05) is 29.3 Å². The molecule has 2 aromatic rings. The topological polar surface area (TPSA) is 54.5 Å². The van der Waals surface area contributed by atoms with E-state index in [1.165, 1.54) is 0 Å². The third-order valence-electron chi connectivity index (χ3n) is 4.76. The lowest BCUT2D eigenvalue weighted by molar-refractivity contribution is 0.0978. The minimum atomic E-state index is -3.12. The van der Waals surface area contributed by atoms with Gasteiger partial charge in [0.2, 0.25) is 0 Å². The molecule has 6 heteroatoms. The van der Waals surface area contributed by atoms with Gasteiger partial charge in [-0.25, -0.2) is 8.42 Å². The number of hydrogen-bond donors (Lipinski definition) is 0. The van der Waals surface area contributed by atoms with Crippen LogP contribution in [0.25, 0.3) is 0 Å². The van der Waals surface area contributed by atoms with Gasteiger partial charge in [-0.05, 0) is 62.6 Å². The van der Waals surface area contributed by atoms with Crippen molar-refractivity contribution >= 4 is 33.0 Å². The Morgan fingerprint density at radius 2 is 1.65 bits per heavy atom. The van der Waals surface area contributed by atoms with E-state index in [1.807, 2.05) is 32.9 Å². The average molecular weight is 392 g/mol. The Morgan fingerprint density at radius 3 is 2.15 bits per heavy atom. The molecule has 0 aromatic heterocycles. The molecule has 1 aliphatic heterocycles. The molecule has 1 heterocycles. The summed E-state index contributed by atoms with van der Waals surface area (Å²) in [6, 6.07) is 10.4. The third kappa shape index (κ3) is 3.79. The average Bonchev–Trinajstić information content (AvgIpc) is 2.90. The summed E-state index contributed by atoms with van der Waals surface area (Å²) in [5, 5.41) is 0.555. The first-order valence-electron chi connectivity index (χ1n) is 8.55. The molecular formula is C20H22ClNO3S. The quantitative estimate of drug-likeness (QED) is 0.791. The number of carbonyl (C=O) groups excluding carboxylic acids is 1. The zero-order chi connectivity index (χ0) is 19.1. The van der Waals surface area contributed by atoms with Crippen LogP contribution in [0, 0.1) is 20.8 Å². The largest absolute Gasteiger partial charge is 0.304 e. The zero-order valence-corrected chi connectivity index (χ0v) is 16.7. The van der Waals surface area contributed by atoms with Gasteiger partial charge < -0.3 is 4.90 Å². The molecule has 1 fully saturated rings. The van der Waals surface area contributed by atoms with Crippen LogP contribution in [-0.4, -0.2) is 31.9 Å². The summed E-state index contributed by atoms with van der Waals surface area (Å²) in [4.78, 5) is 15.0. The predicted octanol–water partition coefficient (Wildman–Crippen LogP) is 4.10. The van der Waals surface area contributed by atoms with E-state index < -0.39 is 9.84 Å². The Hall–Kier alpha value is -1.85. The molecule has 0 saturated carbocycles. The normalized spacial score (nSPS) is 18.7. The maximum Gasteiger partial charge on any atom is 0.258 e. The highest BCUT2D eigenvalue weighted by atomic mass is 35.5. The molecule has 1 saturated heterocycles. The van der Waals surface area contributed by atoms with E-state index >= 15 is 0 Å². The van der Waals surface area contributed by atoms with Crippen LogP contribution in [0.4, 0.5) is 5.69 Å². The molecule has 3 rings (SSSR count). The number of carbonyl (C=O) groups is 1. The summed E-state index contributed by atoms with van der Waals surface area (Å²) in [6.07, 6.45) is 0.453. The van der Waals surface area contributed by atoms with Crippen LogP contribution in [0.5, 0.6) is 0 Å². The summed E-state index contributed by atoms with van der Waals surface area (Å²) in [7, 11) is -3.12. The molecule has 0 radical (unpaired) electrons. The van der Waals surface area contributed by atoms with Crippen LogP contribution in [0.15, 0.2) is 36.4 Å². The molecule has 138 valence electrons. The highest BCUT2D eigenvalue weighted by Gasteiger charge is 2.37. The van der Waals surface area contributed by atoms with Gasteiger partial charge in [-0.3, -0.25) is 4.79 Å². The van der Waals surface area contributed by atoms with Gasteiger partial charge in [0.1, 0.15) is 0 Å². The van der Waals surface area contributed by atoms with Crippen molar-refractivity contribution in [3.05, 3.63) is 63.7 Å². The Kier molecular flexibility index (Phi) is 5.13. The van der Waals surface area contributed by atoms with Crippen LogP contribution < -0.4 is 4.90 Å². The lowest BCUT2D eigenvalue weighted by Gasteiger charge is -2.31. The molecule has 1 amide bonds. The van der Waals surface area contributed by atoms with E-state index in [0.717, 1.165) is 22.4 Å². The van der Waals surface area contributed by atoms with E-state index in [0.29, 0.717) is 17.0 Å². The molecule has 0 N–H and O–H groups in total. The summed E-state index contributed by atoms with van der Waals surface area (Å²) >= 11 is 5.94. The minimum absolute atomic E-state index is 0.000907. The monoisotopic (exact) mass is 391 g/mol. The summed E-state index contributed by atoms with van der Waals surface area (Å²) in [6.45, 7) is 5.93. The van der Waals surface area contributed by atoms with Crippen LogP contribution in [-0.2, 0) is 9.84 Å². The Morgan fingerprint density at radius 1 is 1.08 bits per heavy atom. The van der Waals surface area contributed by atoms with Crippen LogP contribution in [0.3, 0.4) is 0 Å². The first kappa shape index (κ1) is 18.9. The second kappa shape index (κ2) is 7.05. The summed E-state index contributed by atoms with van der Waals surface area (Å²) < 4.78 is 24.1. The van der Waals surface area contributed by atoms with Crippen LogP contribution in [0.1, 0.15) is 33.5 Å². The molecule has 0 aliphatic carbocycles. The molecular weight excluding hydrogens is 370 g/mol. The van der Waals surface area contributed by atoms with E-state index in [1.54, 1.807) is 29.2 Å². The lowest BCUT2D eigenvalue weighted by Crippen LogP contribution is -2.42. The van der Waals surface area contributed by atoms with Gasteiger partial charge in [0, 0.05) is 10.6 Å². The molecule has 2 aromatic carbocycles. The van der Waals surface area contributed by atoms with Gasteiger partial charge in [0.25, 0.3) is 5.91 Å². The van der Waals surface area contributed by atoms with Crippen molar-refractivity contribution in [2.24, 2.45) is 0 Å². The van der Waals surface area contributed by atoms with Gasteiger partial charge in [0.15, 0.2) is 9.84 Å². The van der Waals surface area contributed by atoms with Gasteiger partial charge in [-0.2, -0.15) is 0 Å². The van der Waals surface area contributed by atoms with Crippen molar-refractivity contribution in [2.45, 2.75) is 33.2 Å². The maximum absolute atomic E-state index is 13.3. The summed E-state index contributed by atoms with van der Waals surface area (Å²) in [5.41, 5.74) is 4.35. The number of nitrogens with zero attached hydrogens (tertiary/aromatic N) is 1. The number of amides is 1. The number of rotatable bonds is 3. The van der Waals surface area contributed by atoms with Crippen LogP contribution >= 0.6 is 11.6 Å². The molecule has 1 atom stereocenters. The Balaban J connectivity index is 2.11. The fourth-order valence-electron chi connectivity index (χ4n) is 3.71. The first-order valence-corrected chi connectivity index (χ1v) is 10.8. The Bertz CT molecular complexity index is 929. The van der Waals surface area contributed by atoms with Gasteiger partial charge in [0.05, 0.1) is 23.2 Å². The predicted molar refractivity (Wildman–Crippen MR) is 106 cm³/mol. The number of anilines is 1. The zero-order valence-electron chi connectivity index (χ0n) is 15.1. The van der Waals surface area contributed by atoms with Crippen molar-refractivity contribution in [2.75, 3.05) is 16.4 Å². The molecule has 0 bridgehead atoms. The second-order valence-electron chi connectivity index (χ2n) is 6.99. The van der Waals surface area contributed by atoms with Crippen molar-refractivity contribution in [3.63, 3.8) is 0 Å². The van der Waals surface area contributed by atoms with Crippen molar-refractivity contribution < 1.29 is 13.2 Å². The highest BCUT2D eigenvalue weighted by Crippen LogP contribution is 2.33. The number of halogens is 1.